The Morgan fingerprint density at radius 1 is 1.32 bits per heavy atom. The van der Waals surface area contributed by atoms with Crippen LogP contribution in [0.15, 0.2) is 0 Å². The second-order valence-corrected chi connectivity index (χ2v) is 7.27. The van der Waals surface area contributed by atoms with Crippen LogP contribution in [-0.2, 0) is 4.79 Å². The van der Waals surface area contributed by atoms with E-state index in [2.05, 4.69) is 17.1 Å². The van der Waals surface area contributed by atoms with E-state index in [1.54, 1.807) is 0 Å². The monoisotopic (exact) mass is 284 g/mol. The zero-order chi connectivity index (χ0) is 13.5. The van der Waals surface area contributed by atoms with Crippen LogP contribution in [0.4, 0.5) is 0 Å². The van der Waals surface area contributed by atoms with Crippen LogP contribution >= 0.6 is 11.8 Å². The second-order valence-electron chi connectivity index (χ2n) is 5.88. The zero-order valence-corrected chi connectivity index (χ0v) is 13.0. The Morgan fingerprint density at radius 3 is 2.84 bits per heavy atom. The number of nitrogens with zero attached hydrogens (tertiary/aromatic N) is 1. The highest BCUT2D eigenvalue weighted by Crippen LogP contribution is 2.26. The fourth-order valence-corrected chi connectivity index (χ4v) is 3.59. The van der Waals surface area contributed by atoms with Crippen molar-refractivity contribution in [3.63, 3.8) is 0 Å². The van der Waals surface area contributed by atoms with E-state index in [4.69, 9.17) is 0 Å². The topological polar surface area (TPSA) is 32.3 Å². The maximum Gasteiger partial charge on any atom is 0.223 e. The SMILES string of the molecule is CCSCCN1CCCC(CNC(=O)C2CCC2)C1. The molecule has 0 aromatic heterocycles. The molecule has 3 nitrogen and oxygen atoms in total. The van der Waals surface area contributed by atoms with Gasteiger partial charge in [0, 0.05) is 31.3 Å². The van der Waals surface area contributed by atoms with Crippen LogP contribution in [0.1, 0.15) is 39.0 Å². The lowest BCUT2D eigenvalue weighted by atomic mass is 9.84. The van der Waals surface area contributed by atoms with E-state index < -0.39 is 0 Å². The molecule has 1 heterocycles. The summed E-state index contributed by atoms with van der Waals surface area (Å²) in [5.74, 6) is 3.78. The molecule has 0 radical (unpaired) electrons. The lowest BCUT2D eigenvalue weighted by Crippen LogP contribution is -2.43. The fraction of sp³-hybridized carbons (Fsp3) is 0.933. The number of carbonyl (C=O) groups is 1. The molecule has 4 heteroatoms. The Labute approximate surface area is 121 Å². The molecule has 0 bridgehead atoms. The Bertz CT molecular complexity index is 281. The minimum absolute atomic E-state index is 0.310. The molecular weight excluding hydrogens is 256 g/mol. The van der Waals surface area contributed by atoms with Crippen molar-refractivity contribution < 1.29 is 4.79 Å². The van der Waals surface area contributed by atoms with Gasteiger partial charge >= 0.3 is 0 Å². The van der Waals surface area contributed by atoms with Crippen LogP contribution in [0.3, 0.4) is 0 Å². The molecule has 19 heavy (non-hydrogen) atoms. The summed E-state index contributed by atoms with van der Waals surface area (Å²) in [7, 11) is 0. The van der Waals surface area contributed by atoms with E-state index in [0.29, 0.717) is 17.7 Å². The maximum atomic E-state index is 11.8. The van der Waals surface area contributed by atoms with Crippen LogP contribution in [0, 0.1) is 11.8 Å². The number of piperidine rings is 1. The minimum Gasteiger partial charge on any atom is -0.356 e. The summed E-state index contributed by atoms with van der Waals surface area (Å²) in [5.41, 5.74) is 0. The van der Waals surface area contributed by atoms with Gasteiger partial charge in [-0.05, 0) is 43.9 Å². The maximum absolute atomic E-state index is 11.8. The smallest absolute Gasteiger partial charge is 0.223 e. The van der Waals surface area contributed by atoms with Crippen LogP contribution < -0.4 is 5.32 Å². The first-order chi connectivity index (χ1) is 9.29. The average molecular weight is 284 g/mol. The average Bonchev–Trinajstić information content (AvgIpc) is 2.35. The molecule has 1 aliphatic carbocycles. The van der Waals surface area contributed by atoms with Crippen LogP contribution in [0.2, 0.25) is 0 Å². The van der Waals surface area contributed by atoms with E-state index in [9.17, 15) is 4.79 Å². The lowest BCUT2D eigenvalue weighted by Gasteiger charge is -2.33. The molecule has 1 saturated heterocycles. The highest BCUT2D eigenvalue weighted by Gasteiger charge is 2.26. The van der Waals surface area contributed by atoms with E-state index in [1.807, 2.05) is 11.8 Å². The molecular formula is C15H28N2OS. The van der Waals surface area contributed by atoms with Crippen molar-refractivity contribution in [1.29, 1.82) is 0 Å². The number of carbonyl (C=O) groups excluding carboxylic acids is 1. The van der Waals surface area contributed by atoms with Gasteiger partial charge in [0.1, 0.15) is 0 Å². The van der Waals surface area contributed by atoms with E-state index in [0.717, 1.165) is 19.4 Å². The summed E-state index contributed by atoms with van der Waals surface area (Å²) in [6.45, 7) is 6.75. The van der Waals surface area contributed by atoms with Crippen LogP contribution in [0.25, 0.3) is 0 Å². The Morgan fingerprint density at radius 2 is 2.16 bits per heavy atom. The predicted molar refractivity (Wildman–Crippen MR) is 82.5 cm³/mol. The Hall–Kier alpha value is -0.220. The number of likely N-dealkylation sites (tertiary alicyclic amines) is 1. The third-order valence-electron chi connectivity index (χ3n) is 4.40. The normalized spacial score (nSPS) is 25.0. The van der Waals surface area contributed by atoms with Crippen molar-refractivity contribution in [1.82, 2.24) is 10.2 Å². The minimum atomic E-state index is 0.310. The molecule has 1 unspecified atom stereocenters. The molecule has 110 valence electrons. The van der Waals surface area contributed by atoms with Gasteiger partial charge in [-0.2, -0.15) is 11.8 Å². The van der Waals surface area contributed by atoms with Crippen molar-refractivity contribution in [2.45, 2.75) is 39.0 Å². The molecule has 1 aliphatic heterocycles. The highest BCUT2D eigenvalue weighted by molar-refractivity contribution is 7.99. The number of nitrogens with one attached hydrogen (secondary N) is 1. The van der Waals surface area contributed by atoms with Crippen molar-refractivity contribution in [3.05, 3.63) is 0 Å². The van der Waals surface area contributed by atoms with Gasteiger partial charge in [0.05, 0.1) is 0 Å². The molecule has 0 aromatic rings. The van der Waals surface area contributed by atoms with Crippen molar-refractivity contribution in [3.8, 4) is 0 Å². The third-order valence-corrected chi connectivity index (χ3v) is 5.28. The van der Waals surface area contributed by atoms with Gasteiger partial charge in [0.2, 0.25) is 5.91 Å². The quantitative estimate of drug-likeness (QED) is 0.729. The standard InChI is InChI=1S/C15H28N2OS/c1-2-19-10-9-17-8-4-5-13(12-17)11-16-15(18)14-6-3-7-14/h13-14H,2-12H2,1H3,(H,16,18). The zero-order valence-electron chi connectivity index (χ0n) is 12.2. The van der Waals surface area contributed by atoms with Crippen molar-refractivity contribution in [2.75, 3.05) is 37.7 Å². The van der Waals surface area contributed by atoms with Gasteiger partial charge < -0.3 is 10.2 Å². The highest BCUT2D eigenvalue weighted by atomic mass is 32.2. The summed E-state index contributed by atoms with van der Waals surface area (Å²) in [6, 6.07) is 0. The predicted octanol–water partition coefficient (Wildman–Crippen LogP) is 2.37. The molecule has 2 fully saturated rings. The molecule has 1 saturated carbocycles. The molecule has 1 amide bonds. The third kappa shape index (κ3) is 4.99. The summed E-state index contributed by atoms with van der Waals surface area (Å²) in [4.78, 5) is 14.4. The van der Waals surface area contributed by atoms with Gasteiger partial charge in [-0.1, -0.05) is 13.3 Å². The van der Waals surface area contributed by atoms with Crippen LogP contribution in [-0.4, -0.2) is 48.5 Å². The van der Waals surface area contributed by atoms with Gasteiger partial charge in [0.25, 0.3) is 0 Å². The number of thioether (sulfide) groups is 1. The van der Waals surface area contributed by atoms with Crippen molar-refractivity contribution in [2.24, 2.45) is 11.8 Å². The number of hydrogen-bond donors (Lipinski definition) is 1. The van der Waals surface area contributed by atoms with Gasteiger partial charge in [-0.3, -0.25) is 4.79 Å². The van der Waals surface area contributed by atoms with E-state index >= 15 is 0 Å². The second kappa shape index (κ2) is 8.15. The van der Waals surface area contributed by atoms with Gasteiger partial charge in [0.15, 0.2) is 0 Å². The van der Waals surface area contributed by atoms with Gasteiger partial charge in [-0.15, -0.1) is 0 Å². The van der Waals surface area contributed by atoms with Crippen molar-refractivity contribution >= 4 is 17.7 Å². The summed E-state index contributed by atoms with van der Waals surface area (Å²) in [6.07, 6.45) is 6.03. The molecule has 1 atom stereocenters. The first kappa shape index (κ1) is 15.2. The molecule has 2 rings (SSSR count). The first-order valence-corrected chi connectivity index (χ1v) is 9.03. The summed E-state index contributed by atoms with van der Waals surface area (Å²) in [5, 5.41) is 3.17. The number of rotatable bonds is 7. The van der Waals surface area contributed by atoms with E-state index in [1.165, 1.54) is 50.4 Å². The largest absolute Gasteiger partial charge is 0.356 e. The summed E-state index contributed by atoms with van der Waals surface area (Å²) < 4.78 is 0. The number of hydrogen-bond acceptors (Lipinski definition) is 3. The van der Waals surface area contributed by atoms with Crippen LogP contribution in [0.5, 0.6) is 0 Å². The Kier molecular flexibility index (Phi) is 6.51. The van der Waals surface area contributed by atoms with Gasteiger partial charge in [-0.25, -0.2) is 0 Å². The molecule has 0 spiro atoms. The molecule has 0 aromatic carbocycles. The lowest BCUT2D eigenvalue weighted by molar-refractivity contribution is -0.127. The number of amides is 1. The Balaban J connectivity index is 1.61. The first-order valence-electron chi connectivity index (χ1n) is 7.87. The fourth-order valence-electron chi connectivity index (χ4n) is 2.92. The van der Waals surface area contributed by atoms with E-state index in [-0.39, 0.29) is 0 Å². The molecule has 2 aliphatic rings. The molecule has 1 N–H and O–H groups in total. The summed E-state index contributed by atoms with van der Waals surface area (Å²) >= 11 is 2.02.